The molecule has 0 bridgehead atoms. The first-order valence-corrected chi connectivity index (χ1v) is 17.5. The molecule has 1 aliphatic heterocycles. The summed E-state index contributed by atoms with van der Waals surface area (Å²) >= 11 is 7.39. The Labute approximate surface area is 300 Å². The third-order valence-electron chi connectivity index (χ3n) is 7.69. The summed E-state index contributed by atoms with van der Waals surface area (Å²) in [5.74, 6) is -1.72. The molecule has 1 atom stereocenters. The number of nitrogens with one attached hydrogen (secondary N) is 2. The second kappa shape index (κ2) is 18.0. The number of anilines is 2. The maximum atomic E-state index is 13.3. The molecule has 1 saturated heterocycles. The number of alkyl halides is 3. The van der Waals surface area contributed by atoms with Gasteiger partial charge in [0.25, 0.3) is 5.91 Å². The summed E-state index contributed by atoms with van der Waals surface area (Å²) < 4.78 is 47.0. The van der Waals surface area contributed by atoms with E-state index in [9.17, 15) is 27.6 Å². The van der Waals surface area contributed by atoms with E-state index in [1.807, 2.05) is 4.90 Å². The van der Waals surface area contributed by atoms with Crippen LogP contribution in [0.2, 0.25) is 5.02 Å². The van der Waals surface area contributed by atoms with E-state index in [4.69, 9.17) is 16.3 Å². The third-order valence-corrected chi connectivity index (χ3v) is 8.83. The molecule has 0 aliphatic carbocycles. The van der Waals surface area contributed by atoms with Gasteiger partial charge in [0.05, 0.1) is 18.7 Å². The normalized spacial score (nSPS) is 14.0. The quantitative estimate of drug-likeness (QED) is 0.104. The van der Waals surface area contributed by atoms with Crippen molar-refractivity contribution in [3.63, 3.8) is 0 Å². The lowest BCUT2D eigenvalue weighted by atomic mass is 10.1. The van der Waals surface area contributed by atoms with Gasteiger partial charge in [0, 0.05) is 17.0 Å². The van der Waals surface area contributed by atoms with Crippen LogP contribution >= 0.6 is 22.9 Å². The van der Waals surface area contributed by atoms with Crippen LogP contribution in [-0.2, 0) is 38.4 Å². The van der Waals surface area contributed by atoms with E-state index < -0.39 is 36.0 Å². The topological polar surface area (TPSA) is 149 Å². The molecule has 1 fully saturated rings. The molecule has 2 N–H and O–H groups in total. The highest BCUT2D eigenvalue weighted by Crippen LogP contribution is 2.26. The summed E-state index contributed by atoms with van der Waals surface area (Å²) in [5, 5.41) is 23.1. The van der Waals surface area contributed by atoms with Gasteiger partial charge in [-0.3, -0.25) is 24.6 Å². The number of nitrogens with zero attached hydrogens (tertiary/aromatic N) is 5. The van der Waals surface area contributed by atoms with Gasteiger partial charge in [-0.05, 0) is 87.2 Å². The Morgan fingerprint density at radius 1 is 0.902 bits per heavy atom. The highest BCUT2D eigenvalue weighted by molar-refractivity contribution is 7.15. The maximum absolute atomic E-state index is 13.3. The number of unbranched alkanes of at least 4 members (excludes halogenated alkanes) is 1. The summed E-state index contributed by atoms with van der Waals surface area (Å²) in [7, 11) is 0. The summed E-state index contributed by atoms with van der Waals surface area (Å²) in [4.78, 5) is 40.5. The predicted octanol–water partition coefficient (Wildman–Crippen LogP) is 6.34. The lowest BCUT2D eigenvalue weighted by Crippen LogP contribution is -2.36. The summed E-state index contributed by atoms with van der Waals surface area (Å²) in [6, 6.07) is 15.1. The minimum atomic E-state index is -4.82. The largest absolute Gasteiger partial charge is 0.573 e. The Morgan fingerprint density at radius 2 is 1.69 bits per heavy atom. The van der Waals surface area contributed by atoms with Crippen molar-refractivity contribution >= 4 is 51.7 Å². The molecule has 3 heterocycles. The smallest absolute Gasteiger partial charge is 0.446 e. The van der Waals surface area contributed by atoms with Crippen molar-refractivity contribution in [1.29, 1.82) is 0 Å². The van der Waals surface area contributed by atoms with Crippen LogP contribution in [0.3, 0.4) is 0 Å². The number of aromatic nitrogens is 4. The fourth-order valence-corrected chi connectivity index (χ4v) is 6.34. The van der Waals surface area contributed by atoms with E-state index in [0.717, 1.165) is 57.3 Å². The molecule has 0 radical (unpaired) electrons. The molecule has 51 heavy (non-hydrogen) atoms. The van der Waals surface area contributed by atoms with Gasteiger partial charge in [-0.15, -0.1) is 28.5 Å². The molecule has 1 aliphatic rings. The van der Waals surface area contributed by atoms with Gasteiger partial charge >= 0.3 is 12.3 Å². The van der Waals surface area contributed by atoms with Gasteiger partial charge in [-0.25, -0.2) is 0 Å². The Morgan fingerprint density at radius 3 is 2.43 bits per heavy atom. The van der Waals surface area contributed by atoms with Crippen LogP contribution in [0.4, 0.5) is 24.1 Å². The number of hydrogen-bond donors (Lipinski definition) is 2. The Balaban J connectivity index is 1.06. The fraction of sp³-hybridized carbons (Fsp3) is 0.382. The van der Waals surface area contributed by atoms with Crippen LogP contribution in [0.25, 0.3) is 0 Å². The van der Waals surface area contributed by atoms with Crippen LogP contribution in [0, 0.1) is 0 Å². The zero-order valence-electron chi connectivity index (χ0n) is 27.3. The van der Waals surface area contributed by atoms with Crippen molar-refractivity contribution in [1.82, 2.24) is 25.3 Å². The van der Waals surface area contributed by atoms with Gasteiger partial charge in [0.15, 0.2) is 5.82 Å². The second-order valence-corrected chi connectivity index (χ2v) is 13.3. The second-order valence-electron chi connectivity index (χ2n) is 11.8. The molecule has 270 valence electrons. The number of esters is 1. The van der Waals surface area contributed by atoms with Crippen molar-refractivity contribution in [2.24, 2.45) is 0 Å². The maximum Gasteiger partial charge on any atom is 0.573 e. The zero-order valence-corrected chi connectivity index (χ0v) is 28.9. The van der Waals surface area contributed by atoms with Gasteiger partial charge in [-0.2, -0.15) is 5.10 Å². The lowest BCUT2D eigenvalue weighted by molar-refractivity contribution is -0.274. The van der Waals surface area contributed by atoms with E-state index >= 15 is 0 Å². The molecule has 4 aromatic rings. The molecule has 5 rings (SSSR count). The molecule has 2 amide bonds. The first kappa shape index (κ1) is 37.6. The van der Waals surface area contributed by atoms with Crippen LogP contribution in [0.1, 0.15) is 60.0 Å². The SMILES string of the molecule is O=C(Cc1cccc(OC(F)(F)F)c1)Nc1ccc(CCCCc2nnc(NC(=O)C(OC(=O)CN3CCCCC3)c3cccc(Cl)c3)s2)nn1. The lowest BCUT2D eigenvalue weighted by Gasteiger charge is -2.26. The third kappa shape index (κ3) is 12.6. The minimum absolute atomic E-state index is 0.102. The molecule has 2 aromatic carbocycles. The summed E-state index contributed by atoms with van der Waals surface area (Å²) in [6.07, 6.45) is -0.328. The number of likely N-dealkylation sites (tertiary alicyclic amines) is 1. The minimum Gasteiger partial charge on any atom is -0.446 e. The number of carbonyl (C=O) groups excluding carboxylic acids is 3. The number of ether oxygens (including phenoxy) is 2. The number of amides is 2. The zero-order chi connectivity index (χ0) is 36.2. The highest BCUT2D eigenvalue weighted by atomic mass is 35.5. The number of carbonyl (C=O) groups is 3. The molecule has 17 heteroatoms. The molecule has 1 unspecified atom stereocenters. The van der Waals surface area contributed by atoms with Gasteiger partial charge in [0.1, 0.15) is 10.8 Å². The number of rotatable bonds is 15. The average Bonchev–Trinajstić information content (AvgIpc) is 3.53. The van der Waals surface area contributed by atoms with E-state index in [2.05, 4.69) is 35.8 Å². The van der Waals surface area contributed by atoms with Crippen LogP contribution in [-0.4, -0.2) is 69.1 Å². The number of aryl methyl sites for hydroxylation is 2. The Hall–Kier alpha value is -4.67. The first-order valence-electron chi connectivity index (χ1n) is 16.3. The van der Waals surface area contributed by atoms with Gasteiger partial charge < -0.3 is 14.8 Å². The van der Waals surface area contributed by atoms with Crippen molar-refractivity contribution in [2.45, 2.75) is 63.8 Å². The van der Waals surface area contributed by atoms with Gasteiger partial charge in [-0.1, -0.05) is 53.6 Å². The molecule has 0 saturated carbocycles. The number of piperidine rings is 1. The summed E-state index contributed by atoms with van der Waals surface area (Å²) in [5.41, 5.74) is 1.49. The van der Waals surface area contributed by atoms with E-state index in [1.54, 1.807) is 36.4 Å². The Kier molecular flexibility index (Phi) is 13.3. The highest BCUT2D eigenvalue weighted by Gasteiger charge is 2.31. The fourth-order valence-electron chi connectivity index (χ4n) is 5.35. The molecular formula is C34H35ClF3N7O5S. The van der Waals surface area contributed by atoms with E-state index in [1.165, 1.54) is 23.5 Å². The predicted molar refractivity (Wildman–Crippen MR) is 183 cm³/mol. The van der Waals surface area contributed by atoms with Crippen LogP contribution in [0.15, 0.2) is 60.7 Å². The number of benzene rings is 2. The van der Waals surface area contributed by atoms with E-state index in [-0.39, 0.29) is 23.9 Å². The molecular weight excluding hydrogens is 711 g/mol. The monoisotopic (exact) mass is 745 g/mol. The van der Waals surface area contributed by atoms with E-state index in [0.29, 0.717) is 39.7 Å². The van der Waals surface area contributed by atoms with Crippen LogP contribution in [0.5, 0.6) is 5.75 Å². The number of hydrogen-bond acceptors (Lipinski definition) is 11. The molecule has 12 nitrogen and oxygen atoms in total. The van der Waals surface area contributed by atoms with Crippen molar-refractivity contribution in [2.75, 3.05) is 30.3 Å². The summed E-state index contributed by atoms with van der Waals surface area (Å²) in [6.45, 7) is 1.73. The molecule has 2 aromatic heterocycles. The first-order chi connectivity index (χ1) is 24.5. The Bertz CT molecular complexity index is 1790. The van der Waals surface area contributed by atoms with Crippen LogP contribution < -0.4 is 15.4 Å². The average molecular weight is 746 g/mol. The van der Waals surface area contributed by atoms with Crippen molar-refractivity contribution in [3.05, 3.63) is 87.5 Å². The number of halogens is 4. The molecule has 0 spiro atoms. The van der Waals surface area contributed by atoms with Gasteiger partial charge in [0.2, 0.25) is 17.1 Å². The standard InChI is InChI=1S/C34H35ClF3N7O5S/c35-24-10-7-9-23(20-24)31(49-30(47)21-45-16-4-1-5-17-45)32(48)40-33-44-43-29(51-33)13-3-2-11-25-14-15-27(42-41-25)39-28(46)19-22-8-6-12-26(18-22)50-34(36,37)38/h6-10,12,14-15,18,20,31H,1-5,11,13,16-17,19,21H2,(H,39,42,46)(H,40,44,48). The van der Waals surface area contributed by atoms with Crippen molar-refractivity contribution < 1.29 is 37.0 Å². The van der Waals surface area contributed by atoms with Crippen molar-refractivity contribution in [3.8, 4) is 5.75 Å².